The summed E-state index contributed by atoms with van der Waals surface area (Å²) in [5.74, 6) is 0.740. The van der Waals surface area contributed by atoms with E-state index in [2.05, 4.69) is 25.7 Å². The molecule has 4 rings (SSSR count). The number of nitrogens with zero attached hydrogens (tertiary/aromatic N) is 6. The molecule has 0 aliphatic rings. The van der Waals surface area contributed by atoms with Crippen LogP contribution in [0.3, 0.4) is 0 Å². The van der Waals surface area contributed by atoms with Gasteiger partial charge in [0.15, 0.2) is 11.5 Å². The van der Waals surface area contributed by atoms with Gasteiger partial charge < -0.3 is 9.88 Å². The summed E-state index contributed by atoms with van der Waals surface area (Å²) < 4.78 is 14.9. The monoisotopic (exact) mass is 377 g/mol. The van der Waals surface area contributed by atoms with Gasteiger partial charge in [0.2, 0.25) is 0 Å². The van der Waals surface area contributed by atoms with Crippen molar-refractivity contribution in [1.82, 2.24) is 29.8 Å². The molecule has 0 spiro atoms. The van der Waals surface area contributed by atoms with Gasteiger partial charge in [0, 0.05) is 18.3 Å². The number of hydrogen-bond donors (Lipinski definition) is 1. The average molecular weight is 377 g/mol. The van der Waals surface area contributed by atoms with Gasteiger partial charge in [-0.15, -0.1) is 15.3 Å². The summed E-state index contributed by atoms with van der Waals surface area (Å²) in [6, 6.07) is 13.0. The van der Waals surface area contributed by atoms with Crippen LogP contribution in [0.4, 0.5) is 10.1 Å². The zero-order valence-electron chi connectivity index (χ0n) is 15.2. The summed E-state index contributed by atoms with van der Waals surface area (Å²) in [6.07, 6.45) is 1.36. The summed E-state index contributed by atoms with van der Waals surface area (Å²) in [6.45, 7) is 1.87. The summed E-state index contributed by atoms with van der Waals surface area (Å²) in [4.78, 5) is 13.8. The Kier molecular flexibility index (Phi) is 4.40. The lowest BCUT2D eigenvalue weighted by Gasteiger charge is -2.06. The Bertz CT molecular complexity index is 1150. The molecule has 0 fully saturated rings. The third-order valence-corrected chi connectivity index (χ3v) is 4.25. The number of aryl methyl sites for hydroxylation is 1. The van der Waals surface area contributed by atoms with E-state index in [1.54, 1.807) is 6.07 Å². The van der Waals surface area contributed by atoms with Gasteiger partial charge in [0.05, 0.1) is 11.9 Å². The van der Waals surface area contributed by atoms with Gasteiger partial charge in [0.1, 0.15) is 11.6 Å². The number of carbonyl (C=O) groups is 1. The fraction of sp³-hybridized carbons (Fsp3) is 0.105. The molecule has 2 aromatic carbocycles. The van der Waals surface area contributed by atoms with E-state index in [1.165, 1.54) is 35.3 Å². The maximum absolute atomic E-state index is 13.0. The molecule has 0 unspecified atom stereocenters. The average Bonchev–Trinajstić information content (AvgIpc) is 3.31. The van der Waals surface area contributed by atoms with E-state index in [4.69, 9.17) is 0 Å². The molecular weight excluding hydrogens is 361 g/mol. The van der Waals surface area contributed by atoms with Gasteiger partial charge >= 0.3 is 0 Å². The highest BCUT2D eigenvalue weighted by Crippen LogP contribution is 2.21. The molecule has 2 heterocycles. The van der Waals surface area contributed by atoms with Crippen LogP contribution in [0.5, 0.6) is 0 Å². The van der Waals surface area contributed by atoms with Crippen molar-refractivity contribution in [1.29, 1.82) is 0 Å². The van der Waals surface area contributed by atoms with Gasteiger partial charge in [-0.3, -0.25) is 4.79 Å². The number of carbonyl (C=O) groups excluding carboxylic acids is 1. The fourth-order valence-corrected chi connectivity index (χ4v) is 2.66. The minimum Gasteiger partial charge on any atom is -0.321 e. The summed E-state index contributed by atoms with van der Waals surface area (Å²) in [5.41, 5.74) is 2.12. The Hall–Kier alpha value is -3.88. The van der Waals surface area contributed by atoms with Crippen molar-refractivity contribution in [2.24, 2.45) is 7.05 Å². The van der Waals surface area contributed by atoms with Crippen molar-refractivity contribution in [3.8, 4) is 17.1 Å². The van der Waals surface area contributed by atoms with Crippen LogP contribution in [0.1, 0.15) is 16.3 Å². The van der Waals surface area contributed by atoms with Crippen LogP contribution < -0.4 is 5.32 Å². The van der Waals surface area contributed by atoms with Crippen LogP contribution in [0, 0.1) is 12.7 Å². The second-order valence-electron chi connectivity index (χ2n) is 6.16. The van der Waals surface area contributed by atoms with Crippen LogP contribution in [0.15, 0.2) is 54.7 Å². The Labute approximate surface area is 159 Å². The fourth-order valence-electron chi connectivity index (χ4n) is 2.66. The lowest BCUT2D eigenvalue weighted by molar-refractivity contribution is 0.102. The highest BCUT2D eigenvalue weighted by Gasteiger charge is 2.13. The van der Waals surface area contributed by atoms with E-state index in [1.807, 2.05) is 36.7 Å². The summed E-state index contributed by atoms with van der Waals surface area (Å²) >= 11 is 0. The quantitative estimate of drug-likeness (QED) is 0.591. The molecule has 0 atom stereocenters. The van der Waals surface area contributed by atoms with Crippen molar-refractivity contribution in [2.75, 3.05) is 5.32 Å². The Balaban J connectivity index is 1.54. The lowest BCUT2D eigenvalue weighted by Crippen LogP contribution is -2.13. The van der Waals surface area contributed by atoms with E-state index >= 15 is 0 Å². The van der Waals surface area contributed by atoms with E-state index < -0.39 is 5.91 Å². The van der Waals surface area contributed by atoms with Gasteiger partial charge in [-0.05, 0) is 43.3 Å². The Morgan fingerprint density at radius 3 is 2.61 bits per heavy atom. The molecule has 28 heavy (non-hydrogen) atoms. The number of anilines is 1. The first kappa shape index (κ1) is 17.5. The SMILES string of the molecule is Cc1nnc(-c2cccc(NC(=O)c3cnn(-c4ccc(F)cc4)n3)c2)n1C. The summed E-state index contributed by atoms with van der Waals surface area (Å²) in [7, 11) is 1.88. The van der Waals surface area contributed by atoms with Crippen LogP contribution in [-0.2, 0) is 7.05 Å². The predicted octanol–water partition coefficient (Wildman–Crippen LogP) is 2.76. The maximum atomic E-state index is 13.0. The molecule has 0 radical (unpaired) electrons. The molecule has 140 valence electrons. The zero-order valence-corrected chi connectivity index (χ0v) is 15.2. The topological polar surface area (TPSA) is 90.5 Å². The molecule has 4 aromatic rings. The standard InChI is InChI=1S/C19H16FN7O/c1-12-23-24-18(26(12)2)13-4-3-5-15(10-13)22-19(28)17-11-21-27(25-17)16-8-6-14(20)7-9-16/h3-11H,1-2H3,(H,22,28). The minimum atomic E-state index is -0.403. The molecule has 0 bridgehead atoms. The van der Waals surface area contributed by atoms with Crippen molar-refractivity contribution < 1.29 is 9.18 Å². The van der Waals surface area contributed by atoms with Crippen molar-refractivity contribution in [2.45, 2.75) is 6.92 Å². The van der Waals surface area contributed by atoms with Crippen LogP contribution in [0.25, 0.3) is 17.1 Å². The molecular formula is C19H16FN7O. The molecule has 2 aromatic heterocycles. The second kappa shape index (κ2) is 7.03. The lowest BCUT2D eigenvalue weighted by atomic mass is 10.2. The van der Waals surface area contributed by atoms with Crippen molar-refractivity contribution in [3.63, 3.8) is 0 Å². The van der Waals surface area contributed by atoms with Gasteiger partial charge in [-0.25, -0.2) is 4.39 Å². The largest absolute Gasteiger partial charge is 0.321 e. The van der Waals surface area contributed by atoms with Gasteiger partial charge in [0.25, 0.3) is 5.91 Å². The molecule has 0 aliphatic heterocycles. The third kappa shape index (κ3) is 3.37. The van der Waals surface area contributed by atoms with E-state index in [-0.39, 0.29) is 11.5 Å². The number of nitrogens with one attached hydrogen (secondary N) is 1. The highest BCUT2D eigenvalue weighted by atomic mass is 19.1. The third-order valence-electron chi connectivity index (χ3n) is 4.25. The van der Waals surface area contributed by atoms with Crippen molar-refractivity contribution in [3.05, 3.63) is 72.1 Å². The normalized spacial score (nSPS) is 10.8. The number of aromatic nitrogens is 6. The predicted molar refractivity (Wildman–Crippen MR) is 100 cm³/mol. The van der Waals surface area contributed by atoms with E-state index in [0.29, 0.717) is 17.2 Å². The molecule has 0 saturated heterocycles. The van der Waals surface area contributed by atoms with E-state index in [9.17, 15) is 9.18 Å². The molecule has 1 N–H and O–H groups in total. The molecule has 0 saturated carbocycles. The van der Waals surface area contributed by atoms with Gasteiger partial charge in [-0.2, -0.15) is 9.90 Å². The van der Waals surface area contributed by atoms with Crippen LogP contribution in [-0.4, -0.2) is 35.7 Å². The first-order chi connectivity index (χ1) is 13.5. The molecule has 8 nitrogen and oxygen atoms in total. The second-order valence-corrected chi connectivity index (χ2v) is 6.16. The number of halogens is 1. The van der Waals surface area contributed by atoms with Crippen LogP contribution >= 0.6 is 0 Å². The Morgan fingerprint density at radius 2 is 1.89 bits per heavy atom. The highest BCUT2D eigenvalue weighted by molar-refractivity contribution is 6.02. The molecule has 9 heteroatoms. The molecule has 0 aliphatic carbocycles. The minimum absolute atomic E-state index is 0.143. The van der Waals surface area contributed by atoms with Crippen LogP contribution in [0.2, 0.25) is 0 Å². The number of rotatable bonds is 4. The molecule has 1 amide bonds. The smallest absolute Gasteiger partial charge is 0.277 e. The van der Waals surface area contributed by atoms with Gasteiger partial charge in [-0.1, -0.05) is 12.1 Å². The van der Waals surface area contributed by atoms with Crippen molar-refractivity contribution >= 4 is 11.6 Å². The number of amides is 1. The first-order valence-corrected chi connectivity index (χ1v) is 8.47. The number of benzene rings is 2. The first-order valence-electron chi connectivity index (χ1n) is 8.47. The van der Waals surface area contributed by atoms with E-state index in [0.717, 1.165) is 11.4 Å². The Morgan fingerprint density at radius 1 is 1.11 bits per heavy atom. The summed E-state index contributed by atoms with van der Waals surface area (Å²) in [5, 5.41) is 19.2. The maximum Gasteiger partial charge on any atom is 0.277 e. The zero-order chi connectivity index (χ0) is 19.7. The number of hydrogen-bond acceptors (Lipinski definition) is 5.